The van der Waals surface area contributed by atoms with Gasteiger partial charge in [0.1, 0.15) is 13.2 Å². The van der Waals surface area contributed by atoms with Gasteiger partial charge in [0, 0.05) is 24.4 Å². The number of nitrogens with zero attached hydrogens (tertiary/aromatic N) is 1. The quantitative estimate of drug-likeness (QED) is 0.799. The van der Waals surface area contributed by atoms with Crippen molar-refractivity contribution in [1.29, 1.82) is 0 Å². The summed E-state index contributed by atoms with van der Waals surface area (Å²) < 4.78 is 38.4. The number of carbonyl (C=O) groups is 1. The molecule has 9 heteroatoms. The second-order valence-electron chi connectivity index (χ2n) is 5.47. The zero-order valence-corrected chi connectivity index (χ0v) is 15.1. The smallest absolute Gasteiger partial charge is 0.277 e. The van der Waals surface area contributed by atoms with Gasteiger partial charge in [0.2, 0.25) is 0 Å². The molecule has 1 amide bonds. The summed E-state index contributed by atoms with van der Waals surface area (Å²) in [6, 6.07) is 10.5. The van der Waals surface area contributed by atoms with E-state index in [1.165, 1.54) is 50.6 Å². The molecule has 26 heavy (non-hydrogen) atoms. The van der Waals surface area contributed by atoms with Crippen LogP contribution < -0.4 is 14.2 Å². The number of sulfonamides is 1. The Hall–Kier alpha value is -2.78. The average molecular weight is 378 g/mol. The Labute approximate surface area is 151 Å². The predicted molar refractivity (Wildman–Crippen MR) is 93.8 cm³/mol. The van der Waals surface area contributed by atoms with Crippen LogP contribution >= 0.6 is 0 Å². The molecule has 0 fully saturated rings. The summed E-state index contributed by atoms with van der Waals surface area (Å²) >= 11 is 0. The van der Waals surface area contributed by atoms with Crippen LogP contribution in [0.25, 0.3) is 0 Å². The highest BCUT2D eigenvalue weighted by atomic mass is 32.2. The molecule has 0 unspecified atom stereocenters. The van der Waals surface area contributed by atoms with Gasteiger partial charge in [-0.15, -0.1) is 0 Å². The van der Waals surface area contributed by atoms with Gasteiger partial charge in [-0.1, -0.05) is 0 Å². The monoisotopic (exact) mass is 378 g/mol. The standard InChI is InChI=1S/C17H18N2O6S/c1-19(23-2)17(20)12-3-5-13(6-4-12)18-26(21,22)14-7-8-15-16(11-14)25-10-9-24-15/h3-8,11,18H,9-10H2,1-2H3. The molecule has 2 aromatic rings. The molecule has 138 valence electrons. The van der Waals surface area contributed by atoms with E-state index in [4.69, 9.17) is 14.3 Å². The lowest BCUT2D eigenvalue weighted by atomic mass is 10.2. The van der Waals surface area contributed by atoms with Crippen LogP contribution in [-0.4, -0.2) is 46.8 Å². The molecule has 1 aliphatic heterocycles. The molecule has 1 heterocycles. The Kier molecular flexibility index (Phi) is 5.01. The fourth-order valence-corrected chi connectivity index (χ4v) is 3.42. The van der Waals surface area contributed by atoms with Crippen LogP contribution in [0, 0.1) is 0 Å². The minimum Gasteiger partial charge on any atom is -0.486 e. The number of ether oxygens (including phenoxy) is 2. The maximum atomic E-state index is 12.6. The zero-order chi connectivity index (χ0) is 18.7. The molecular weight excluding hydrogens is 360 g/mol. The molecule has 0 bridgehead atoms. The minimum atomic E-state index is -3.81. The maximum absolute atomic E-state index is 12.6. The van der Waals surface area contributed by atoms with Crippen molar-refractivity contribution in [1.82, 2.24) is 5.06 Å². The first-order valence-electron chi connectivity index (χ1n) is 7.75. The summed E-state index contributed by atoms with van der Waals surface area (Å²) in [5.41, 5.74) is 0.702. The highest BCUT2D eigenvalue weighted by Gasteiger charge is 2.20. The lowest BCUT2D eigenvalue weighted by molar-refractivity contribution is -0.0756. The molecule has 0 saturated carbocycles. The maximum Gasteiger partial charge on any atom is 0.277 e. The molecule has 0 atom stereocenters. The van der Waals surface area contributed by atoms with Crippen LogP contribution in [0.5, 0.6) is 11.5 Å². The number of hydrogen-bond acceptors (Lipinski definition) is 6. The van der Waals surface area contributed by atoms with Gasteiger partial charge < -0.3 is 9.47 Å². The van der Waals surface area contributed by atoms with E-state index < -0.39 is 10.0 Å². The number of nitrogens with one attached hydrogen (secondary N) is 1. The number of fused-ring (bicyclic) bond motifs is 1. The summed E-state index contributed by atoms with van der Waals surface area (Å²) in [6.07, 6.45) is 0. The van der Waals surface area contributed by atoms with E-state index in [0.717, 1.165) is 5.06 Å². The first-order valence-corrected chi connectivity index (χ1v) is 9.24. The molecule has 0 aromatic heterocycles. The Morgan fingerprint density at radius 1 is 1.08 bits per heavy atom. The van der Waals surface area contributed by atoms with Crippen LogP contribution in [0.3, 0.4) is 0 Å². The van der Waals surface area contributed by atoms with E-state index in [0.29, 0.717) is 36.0 Å². The van der Waals surface area contributed by atoms with E-state index in [9.17, 15) is 13.2 Å². The molecule has 0 radical (unpaired) electrons. The summed E-state index contributed by atoms with van der Waals surface area (Å²) in [4.78, 5) is 16.9. The van der Waals surface area contributed by atoms with Crippen LogP contribution in [0.1, 0.15) is 10.4 Å². The first-order chi connectivity index (χ1) is 12.4. The molecule has 0 spiro atoms. The third-order valence-electron chi connectivity index (χ3n) is 3.77. The Morgan fingerprint density at radius 3 is 2.38 bits per heavy atom. The fraction of sp³-hybridized carbons (Fsp3) is 0.235. The number of hydroxylamine groups is 2. The minimum absolute atomic E-state index is 0.0565. The van der Waals surface area contributed by atoms with Crippen LogP contribution in [0.2, 0.25) is 0 Å². The Bertz CT molecular complexity index is 911. The van der Waals surface area contributed by atoms with E-state index >= 15 is 0 Å². The number of anilines is 1. The molecular formula is C17H18N2O6S. The number of carbonyl (C=O) groups excluding carboxylic acids is 1. The van der Waals surface area contributed by atoms with E-state index in [-0.39, 0.29) is 10.8 Å². The van der Waals surface area contributed by atoms with Gasteiger partial charge >= 0.3 is 0 Å². The SMILES string of the molecule is CON(C)C(=O)c1ccc(NS(=O)(=O)c2ccc3c(c2)OCCO3)cc1. The van der Waals surface area contributed by atoms with Crippen molar-refractivity contribution in [3.05, 3.63) is 48.0 Å². The van der Waals surface area contributed by atoms with Crippen LogP contribution in [0.15, 0.2) is 47.4 Å². The highest BCUT2D eigenvalue weighted by Crippen LogP contribution is 2.32. The van der Waals surface area contributed by atoms with Crippen LogP contribution in [-0.2, 0) is 14.9 Å². The normalized spacial score (nSPS) is 13.2. The number of amides is 1. The van der Waals surface area contributed by atoms with Crippen molar-refractivity contribution in [2.45, 2.75) is 4.90 Å². The zero-order valence-electron chi connectivity index (χ0n) is 14.3. The second-order valence-corrected chi connectivity index (χ2v) is 7.16. The number of rotatable bonds is 5. The second kappa shape index (κ2) is 7.22. The third kappa shape index (κ3) is 3.73. The van der Waals surface area contributed by atoms with Gasteiger partial charge in [-0.3, -0.25) is 14.4 Å². The molecule has 0 aliphatic carbocycles. The molecule has 1 N–H and O–H groups in total. The number of hydrogen-bond donors (Lipinski definition) is 1. The van der Waals surface area contributed by atoms with Crippen molar-refractivity contribution < 1.29 is 27.5 Å². The van der Waals surface area contributed by atoms with Gasteiger partial charge in [-0.2, -0.15) is 0 Å². The Morgan fingerprint density at radius 2 is 1.73 bits per heavy atom. The van der Waals surface area contributed by atoms with Gasteiger partial charge in [0.25, 0.3) is 15.9 Å². The summed E-state index contributed by atoms with van der Waals surface area (Å²) in [5, 5.41) is 1.08. The third-order valence-corrected chi connectivity index (χ3v) is 5.15. The van der Waals surface area contributed by atoms with Gasteiger partial charge in [-0.25, -0.2) is 13.5 Å². The van der Waals surface area contributed by atoms with Gasteiger partial charge in [0.15, 0.2) is 11.5 Å². The Balaban J connectivity index is 1.78. The topological polar surface area (TPSA) is 94.2 Å². The molecule has 1 aliphatic rings. The molecule has 8 nitrogen and oxygen atoms in total. The average Bonchev–Trinajstić information content (AvgIpc) is 2.66. The lowest BCUT2D eigenvalue weighted by Gasteiger charge is -2.19. The van der Waals surface area contributed by atoms with Crippen molar-refractivity contribution >= 4 is 21.6 Å². The molecule has 0 saturated heterocycles. The van der Waals surface area contributed by atoms with Crippen molar-refractivity contribution in [3.8, 4) is 11.5 Å². The lowest BCUT2D eigenvalue weighted by Crippen LogP contribution is -2.25. The van der Waals surface area contributed by atoms with Gasteiger partial charge in [0.05, 0.1) is 12.0 Å². The van der Waals surface area contributed by atoms with Crippen molar-refractivity contribution in [3.63, 3.8) is 0 Å². The number of benzene rings is 2. The van der Waals surface area contributed by atoms with Crippen molar-refractivity contribution in [2.75, 3.05) is 32.1 Å². The first kappa shape index (κ1) is 18.0. The molecule has 3 rings (SSSR count). The van der Waals surface area contributed by atoms with Crippen LogP contribution in [0.4, 0.5) is 5.69 Å². The van der Waals surface area contributed by atoms with E-state index in [2.05, 4.69) is 4.72 Å². The molecule has 2 aromatic carbocycles. The highest BCUT2D eigenvalue weighted by molar-refractivity contribution is 7.92. The van der Waals surface area contributed by atoms with E-state index in [1.54, 1.807) is 6.07 Å². The van der Waals surface area contributed by atoms with Gasteiger partial charge in [-0.05, 0) is 36.4 Å². The summed E-state index contributed by atoms with van der Waals surface area (Å²) in [6.45, 7) is 0.802. The largest absolute Gasteiger partial charge is 0.486 e. The van der Waals surface area contributed by atoms with Crippen molar-refractivity contribution in [2.24, 2.45) is 0 Å². The van der Waals surface area contributed by atoms with E-state index in [1.807, 2.05) is 0 Å². The predicted octanol–water partition coefficient (Wildman–Crippen LogP) is 1.89. The summed E-state index contributed by atoms with van der Waals surface area (Å²) in [5.74, 6) is 0.566. The summed E-state index contributed by atoms with van der Waals surface area (Å²) in [7, 11) is -0.937. The fourth-order valence-electron chi connectivity index (χ4n) is 2.35.